The number of carbonyl (C=O) groups excluding carboxylic acids is 3. The number of methoxy groups -OCH3 is 2. The van der Waals surface area contributed by atoms with E-state index in [1.807, 2.05) is 0 Å². The van der Waals surface area contributed by atoms with E-state index in [0.29, 0.717) is 0 Å². The Morgan fingerprint density at radius 3 is 2.12 bits per heavy atom. The number of hydrogen-bond acceptors (Lipinski definition) is 6. The highest BCUT2D eigenvalue weighted by atomic mass is 16.6. The van der Waals surface area contributed by atoms with Gasteiger partial charge in [-0.3, -0.25) is 4.90 Å². The summed E-state index contributed by atoms with van der Waals surface area (Å²) in [5.74, 6) is -1.43. The molecule has 0 aromatic carbocycles. The molecule has 0 spiro atoms. The summed E-state index contributed by atoms with van der Waals surface area (Å²) in [6.45, 7) is -0.267. The van der Waals surface area contributed by atoms with Gasteiger partial charge in [-0.25, -0.2) is 14.4 Å². The van der Waals surface area contributed by atoms with Crippen molar-refractivity contribution in [3.63, 3.8) is 0 Å². The first-order valence-electron chi connectivity index (χ1n) is 4.23. The van der Waals surface area contributed by atoms with Crippen LogP contribution < -0.4 is 0 Å². The molecule has 7 heteroatoms. The number of ether oxygens (including phenoxy) is 3. The Kier molecular flexibility index (Phi) is 6.34. The second-order valence-corrected chi connectivity index (χ2v) is 2.62. The van der Waals surface area contributed by atoms with Gasteiger partial charge in [0, 0.05) is 19.2 Å². The first kappa shape index (κ1) is 13.9. The van der Waals surface area contributed by atoms with Crippen LogP contribution in [-0.4, -0.2) is 50.9 Å². The highest BCUT2D eigenvalue weighted by Gasteiger charge is 2.09. The highest BCUT2D eigenvalue weighted by molar-refractivity contribution is 5.91. The number of amides is 1. The van der Waals surface area contributed by atoms with Gasteiger partial charge in [0.25, 0.3) is 0 Å². The third-order valence-electron chi connectivity index (χ3n) is 1.44. The van der Waals surface area contributed by atoms with Crippen LogP contribution in [0.3, 0.4) is 0 Å². The number of nitrogens with zero attached hydrogens (tertiary/aromatic N) is 1. The van der Waals surface area contributed by atoms with Crippen molar-refractivity contribution >= 4 is 18.0 Å². The molecule has 7 nitrogen and oxygen atoms in total. The molecule has 0 radical (unpaired) electrons. The smallest absolute Gasteiger partial charge is 0.411 e. The summed E-state index contributed by atoms with van der Waals surface area (Å²) in [4.78, 5) is 33.5. The molecule has 0 saturated carbocycles. The molecule has 0 atom stereocenters. The number of rotatable bonds is 4. The minimum absolute atomic E-state index is 0.267. The van der Waals surface area contributed by atoms with Crippen molar-refractivity contribution < 1.29 is 28.6 Å². The van der Waals surface area contributed by atoms with Gasteiger partial charge < -0.3 is 14.2 Å². The summed E-state index contributed by atoms with van der Waals surface area (Å²) < 4.78 is 13.2. The molecule has 0 aromatic rings. The zero-order chi connectivity index (χ0) is 12.6. The summed E-state index contributed by atoms with van der Waals surface area (Å²) >= 11 is 0. The molecule has 0 heterocycles. The van der Waals surface area contributed by atoms with Crippen LogP contribution in [0.5, 0.6) is 0 Å². The van der Waals surface area contributed by atoms with E-state index in [0.717, 1.165) is 17.1 Å². The maximum atomic E-state index is 11.0. The van der Waals surface area contributed by atoms with E-state index in [1.54, 1.807) is 0 Å². The van der Waals surface area contributed by atoms with Gasteiger partial charge in [0.2, 0.25) is 0 Å². The van der Waals surface area contributed by atoms with Crippen LogP contribution in [0.1, 0.15) is 0 Å². The largest absolute Gasteiger partial charge is 0.466 e. The molecule has 0 aromatic heterocycles. The van der Waals surface area contributed by atoms with Crippen LogP contribution in [0.15, 0.2) is 12.2 Å². The first-order chi connectivity index (χ1) is 7.51. The quantitative estimate of drug-likeness (QED) is 0.291. The van der Waals surface area contributed by atoms with Gasteiger partial charge in [0.15, 0.2) is 6.73 Å². The lowest BCUT2D eigenvalue weighted by molar-refractivity contribution is -0.142. The zero-order valence-electron chi connectivity index (χ0n) is 9.26. The molecular formula is C9H13NO6. The molecule has 90 valence electrons. The molecular weight excluding hydrogens is 218 g/mol. The van der Waals surface area contributed by atoms with E-state index in [1.165, 1.54) is 21.3 Å². The Bertz CT molecular complexity index is 298. The van der Waals surface area contributed by atoms with E-state index in [4.69, 9.17) is 0 Å². The molecule has 1 amide bonds. The van der Waals surface area contributed by atoms with Crippen molar-refractivity contribution in [2.75, 3.05) is 28.0 Å². The van der Waals surface area contributed by atoms with Crippen LogP contribution >= 0.6 is 0 Å². The number of hydrogen-bond donors (Lipinski definition) is 0. The number of carbonyl (C=O) groups is 3. The molecule has 16 heavy (non-hydrogen) atoms. The number of esters is 2. The SMILES string of the molecule is COC(=O)/C=C/C(=O)OCN(C)C(=O)OC. The molecule has 0 aliphatic heterocycles. The van der Waals surface area contributed by atoms with Crippen LogP contribution in [0.4, 0.5) is 4.79 Å². The van der Waals surface area contributed by atoms with Crippen molar-refractivity contribution in [2.45, 2.75) is 0 Å². The fourth-order valence-electron chi connectivity index (χ4n) is 0.621. The van der Waals surface area contributed by atoms with Crippen molar-refractivity contribution in [3.05, 3.63) is 12.2 Å². The lowest BCUT2D eigenvalue weighted by Crippen LogP contribution is -2.29. The molecule has 0 saturated heterocycles. The van der Waals surface area contributed by atoms with Crippen LogP contribution in [0, 0.1) is 0 Å². The molecule has 0 aliphatic carbocycles. The van der Waals surface area contributed by atoms with Crippen LogP contribution in [0.25, 0.3) is 0 Å². The van der Waals surface area contributed by atoms with Crippen LogP contribution in [-0.2, 0) is 23.8 Å². The third-order valence-corrected chi connectivity index (χ3v) is 1.44. The highest BCUT2D eigenvalue weighted by Crippen LogP contribution is 1.91. The van der Waals surface area contributed by atoms with Gasteiger partial charge in [-0.1, -0.05) is 0 Å². The lowest BCUT2D eigenvalue weighted by Gasteiger charge is -2.14. The van der Waals surface area contributed by atoms with Crippen molar-refractivity contribution in [1.82, 2.24) is 4.90 Å². The van der Waals surface area contributed by atoms with Gasteiger partial charge in [-0.2, -0.15) is 0 Å². The summed E-state index contributed by atoms with van der Waals surface area (Å²) in [6.07, 6.45) is 1.18. The Labute approximate surface area is 92.6 Å². The van der Waals surface area contributed by atoms with Gasteiger partial charge in [0.05, 0.1) is 14.2 Å². The third kappa shape index (κ3) is 5.63. The molecule has 0 N–H and O–H groups in total. The summed E-state index contributed by atoms with van der Waals surface area (Å²) in [5.41, 5.74) is 0. The normalized spacial score (nSPS) is 9.69. The fourth-order valence-corrected chi connectivity index (χ4v) is 0.621. The maximum absolute atomic E-state index is 11.0. The average molecular weight is 231 g/mol. The summed E-state index contributed by atoms with van der Waals surface area (Å²) in [7, 11) is 3.78. The van der Waals surface area contributed by atoms with E-state index in [2.05, 4.69) is 14.2 Å². The molecule has 0 rings (SSSR count). The predicted molar refractivity (Wildman–Crippen MR) is 52.3 cm³/mol. The molecule has 0 unspecified atom stereocenters. The van der Waals surface area contributed by atoms with Crippen molar-refractivity contribution in [2.24, 2.45) is 0 Å². The minimum Gasteiger partial charge on any atom is -0.466 e. The van der Waals surface area contributed by atoms with Crippen LogP contribution in [0.2, 0.25) is 0 Å². The topological polar surface area (TPSA) is 82.1 Å². The Morgan fingerprint density at radius 1 is 1.06 bits per heavy atom. The Morgan fingerprint density at radius 2 is 1.62 bits per heavy atom. The van der Waals surface area contributed by atoms with Gasteiger partial charge >= 0.3 is 18.0 Å². The standard InChI is InChI=1S/C9H13NO6/c1-10(9(13)15-3)6-16-8(12)5-4-7(11)14-2/h4-5H,6H2,1-3H3/b5-4+. The van der Waals surface area contributed by atoms with Gasteiger partial charge in [-0.05, 0) is 0 Å². The average Bonchev–Trinajstić information content (AvgIpc) is 2.31. The molecule has 0 aliphatic rings. The van der Waals surface area contributed by atoms with E-state index in [-0.39, 0.29) is 6.73 Å². The lowest BCUT2D eigenvalue weighted by atomic mass is 10.5. The Balaban J connectivity index is 3.94. The second-order valence-electron chi connectivity index (χ2n) is 2.62. The predicted octanol–water partition coefficient (Wildman–Crippen LogP) is -0.0855. The Hall–Kier alpha value is -2.05. The van der Waals surface area contributed by atoms with Gasteiger partial charge in [-0.15, -0.1) is 0 Å². The first-order valence-corrected chi connectivity index (χ1v) is 4.23. The fraction of sp³-hybridized carbons (Fsp3) is 0.444. The van der Waals surface area contributed by atoms with E-state index in [9.17, 15) is 14.4 Å². The van der Waals surface area contributed by atoms with Crippen molar-refractivity contribution in [3.8, 4) is 0 Å². The second kappa shape index (κ2) is 7.27. The van der Waals surface area contributed by atoms with E-state index < -0.39 is 18.0 Å². The summed E-state index contributed by atoms with van der Waals surface area (Å²) in [6, 6.07) is 0. The van der Waals surface area contributed by atoms with E-state index >= 15 is 0 Å². The van der Waals surface area contributed by atoms with Gasteiger partial charge in [0.1, 0.15) is 0 Å². The molecule has 0 fully saturated rings. The maximum Gasteiger partial charge on any atom is 0.411 e. The van der Waals surface area contributed by atoms with Crippen molar-refractivity contribution in [1.29, 1.82) is 0 Å². The monoisotopic (exact) mass is 231 g/mol. The zero-order valence-corrected chi connectivity index (χ0v) is 9.26. The minimum atomic E-state index is -0.763. The summed E-state index contributed by atoms with van der Waals surface area (Å²) in [5, 5.41) is 0. The molecule has 0 bridgehead atoms.